The Morgan fingerprint density at radius 3 is 2.90 bits per heavy atom. The number of aryl methyl sites for hydroxylation is 1. The lowest BCUT2D eigenvalue weighted by molar-refractivity contribution is 0.395. The number of aromatic nitrogens is 3. The van der Waals surface area contributed by atoms with Gasteiger partial charge < -0.3 is 10.1 Å². The summed E-state index contributed by atoms with van der Waals surface area (Å²) in [5.74, 6) is 1.29. The van der Waals surface area contributed by atoms with E-state index in [1.165, 1.54) is 18.4 Å². The topological polar surface area (TPSA) is 52.0 Å². The first-order chi connectivity index (χ1) is 10.3. The lowest BCUT2D eigenvalue weighted by Crippen LogP contribution is -2.26. The smallest absolute Gasteiger partial charge is 0.213 e. The molecule has 0 aliphatic carbocycles. The van der Waals surface area contributed by atoms with E-state index < -0.39 is 0 Å². The predicted octanol–water partition coefficient (Wildman–Crippen LogP) is 2.11. The van der Waals surface area contributed by atoms with Gasteiger partial charge in [0.15, 0.2) is 0 Å². The first-order valence-electron chi connectivity index (χ1n) is 7.51. The van der Waals surface area contributed by atoms with E-state index in [0.29, 0.717) is 18.3 Å². The fourth-order valence-corrected chi connectivity index (χ4v) is 2.97. The number of pyridine rings is 1. The monoisotopic (exact) mass is 286 g/mol. The zero-order chi connectivity index (χ0) is 14.7. The number of rotatable bonds is 4. The fourth-order valence-electron chi connectivity index (χ4n) is 2.97. The second-order valence-corrected chi connectivity index (χ2v) is 5.56. The van der Waals surface area contributed by atoms with Crippen molar-refractivity contribution in [2.75, 3.05) is 20.2 Å². The lowest BCUT2D eigenvalue weighted by atomic mass is 9.91. The molecule has 2 aromatic heterocycles. The number of piperidine rings is 1. The van der Waals surface area contributed by atoms with Gasteiger partial charge in [-0.3, -0.25) is 4.68 Å². The molecule has 3 heterocycles. The molecule has 0 bridgehead atoms. The van der Waals surface area contributed by atoms with Crippen LogP contribution in [0.1, 0.15) is 35.7 Å². The summed E-state index contributed by atoms with van der Waals surface area (Å²) < 4.78 is 7.16. The minimum atomic E-state index is 0.637. The van der Waals surface area contributed by atoms with Crippen molar-refractivity contribution >= 4 is 0 Å². The van der Waals surface area contributed by atoms with Crippen molar-refractivity contribution in [1.29, 1.82) is 0 Å². The number of hydrogen-bond donors (Lipinski definition) is 1. The zero-order valence-corrected chi connectivity index (χ0v) is 12.7. The van der Waals surface area contributed by atoms with Crippen LogP contribution in [0.2, 0.25) is 0 Å². The van der Waals surface area contributed by atoms with E-state index >= 15 is 0 Å². The van der Waals surface area contributed by atoms with Crippen molar-refractivity contribution in [2.45, 2.75) is 32.2 Å². The summed E-state index contributed by atoms with van der Waals surface area (Å²) in [5, 5.41) is 8.06. The van der Waals surface area contributed by atoms with Crippen LogP contribution in [0, 0.1) is 6.92 Å². The average molecular weight is 286 g/mol. The van der Waals surface area contributed by atoms with Crippen molar-refractivity contribution in [3.8, 4) is 5.88 Å². The van der Waals surface area contributed by atoms with Crippen molar-refractivity contribution < 1.29 is 4.74 Å². The molecule has 1 N–H and O–H groups in total. The van der Waals surface area contributed by atoms with Crippen molar-refractivity contribution in [3.63, 3.8) is 0 Å². The van der Waals surface area contributed by atoms with E-state index in [1.807, 2.05) is 22.9 Å². The summed E-state index contributed by atoms with van der Waals surface area (Å²) in [7, 11) is 1.64. The highest BCUT2D eigenvalue weighted by Gasteiger charge is 2.19. The highest BCUT2D eigenvalue weighted by Crippen LogP contribution is 2.27. The Bertz CT molecular complexity index is 602. The number of hydrogen-bond acceptors (Lipinski definition) is 4. The Morgan fingerprint density at radius 1 is 1.33 bits per heavy atom. The third-order valence-corrected chi connectivity index (χ3v) is 4.08. The molecule has 0 aromatic carbocycles. The maximum atomic E-state index is 5.17. The molecule has 1 aliphatic heterocycles. The van der Waals surface area contributed by atoms with Crippen molar-refractivity contribution in [1.82, 2.24) is 20.1 Å². The summed E-state index contributed by atoms with van der Waals surface area (Å²) in [6.45, 7) is 5.00. The molecule has 1 fully saturated rings. The molecule has 1 saturated heterocycles. The van der Waals surface area contributed by atoms with E-state index in [-0.39, 0.29) is 0 Å². The second-order valence-electron chi connectivity index (χ2n) is 5.56. The van der Waals surface area contributed by atoms with Gasteiger partial charge in [0.2, 0.25) is 5.88 Å². The molecule has 0 radical (unpaired) electrons. The molecule has 0 saturated carbocycles. The first kappa shape index (κ1) is 14.1. The summed E-state index contributed by atoms with van der Waals surface area (Å²) in [5.41, 5.74) is 3.50. The lowest BCUT2D eigenvalue weighted by Gasteiger charge is -2.22. The third kappa shape index (κ3) is 3.24. The van der Waals surface area contributed by atoms with E-state index in [9.17, 15) is 0 Å². The van der Waals surface area contributed by atoms with E-state index in [2.05, 4.69) is 28.5 Å². The largest absolute Gasteiger partial charge is 0.481 e. The summed E-state index contributed by atoms with van der Waals surface area (Å²) in [6, 6.07) is 5.83. The quantitative estimate of drug-likeness (QED) is 0.935. The van der Waals surface area contributed by atoms with E-state index in [0.717, 1.165) is 24.5 Å². The molecule has 3 rings (SSSR count). The minimum Gasteiger partial charge on any atom is -0.481 e. The molecule has 5 nitrogen and oxygen atoms in total. The van der Waals surface area contributed by atoms with Gasteiger partial charge in [-0.05, 0) is 50.4 Å². The molecule has 2 aromatic rings. The Labute approximate surface area is 125 Å². The molecule has 0 amide bonds. The van der Waals surface area contributed by atoms with Crippen LogP contribution in [0.5, 0.6) is 5.88 Å². The standard InChI is InChI=1S/C16H22N4O/c1-12-15(13-6-8-17-9-7-13)11-20(19-12)10-14-4-3-5-16(18-14)21-2/h3-5,11,13,17H,6-10H2,1-2H3. The van der Waals surface area contributed by atoms with Crippen LogP contribution >= 0.6 is 0 Å². The molecule has 0 spiro atoms. The number of nitrogens with one attached hydrogen (secondary N) is 1. The van der Waals surface area contributed by atoms with Crippen LogP contribution in [0.15, 0.2) is 24.4 Å². The molecular weight excluding hydrogens is 264 g/mol. The SMILES string of the molecule is COc1cccc(Cn2cc(C3CCNCC3)c(C)n2)n1. The maximum Gasteiger partial charge on any atom is 0.213 e. The van der Waals surface area contributed by atoms with Crippen LogP contribution < -0.4 is 10.1 Å². The summed E-state index contributed by atoms with van der Waals surface area (Å²) in [6.07, 6.45) is 4.58. The Morgan fingerprint density at radius 2 is 2.14 bits per heavy atom. The van der Waals surface area contributed by atoms with Gasteiger partial charge in [-0.25, -0.2) is 4.98 Å². The van der Waals surface area contributed by atoms with Gasteiger partial charge in [-0.2, -0.15) is 5.10 Å². The molecule has 5 heteroatoms. The normalized spacial score (nSPS) is 16.1. The van der Waals surface area contributed by atoms with E-state index in [1.54, 1.807) is 7.11 Å². The minimum absolute atomic E-state index is 0.637. The number of ether oxygens (including phenoxy) is 1. The van der Waals surface area contributed by atoms with Gasteiger partial charge in [-0.1, -0.05) is 6.07 Å². The first-order valence-corrected chi connectivity index (χ1v) is 7.51. The van der Waals surface area contributed by atoms with Gasteiger partial charge in [-0.15, -0.1) is 0 Å². The van der Waals surface area contributed by atoms with Crippen molar-refractivity contribution in [3.05, 3.63) is 41.3 Å². The van der Waals surface area contributed by atoms with Crippen LogP contribution in [-0.4, -0.2) is 35.0 Å². The second kappa shape index (κ2) is 6.26. The Balaban J connectivity index is 1.76. The summed E-state index contributed by atoms with van der Waals surface area (Å²) >= 11 is 0. The average Bonchev–Trinajstić information content (AvgIpc) is 2.89. The number of nitrogens with zero attached hydrogens (tertiary/aromatic N) is 3. The summed E-state index contributed by atoms with van der Waals surface area (Å²) in [4.78, 5) is 4.44. The molecule has 0 unspecified atom stereocenters. The van der Waals surface area contributed by atoms with Gasteiger partial charge in [0, 0.05) is 12.3 Å². The van der Waals surface area contributed by atoms with Crippen LogP contribution in [-0.2, 0) is 6.54 Å². The van der Waals surface area contributed by atoms with Gasteiger partial charge in [0.05, 0.1) is 25.0 Å². The highest BCUT2D eigenvalue weighted by molar-refractivity contribution is 5.22. The Kier molecular flexibility index (Phi) is 4.20. The third-order valence-electron chi connectivity index (χ3n) is 4.08. The molecule has 1 aliphatic rings. The predicted molar refractivity (Wildman–Crippen MR) is 81.7 cm³/mol. The molecule has 112 valence electrons. The molecule has 21 heavy (non-hydrogen) atoms. The van der Waals surface area contributed by atoms with Crippen LogP contribution in [0.4, 0.5) is 0 Å². The molecular formula is C16H22N4O. The van der Waals surface area contributed by atoms with E-state index in [4.69, 9.17) is 4.74 Å². The van der Waals surface area contributed by atoms with Crippen LogP contribution in [0.25, 0.3) is 0 Å². The fraction of sp³-hybridized carbons (Fsp3) is 0.500. The Hall–Kier alpha value is -1.88. The van der Waals surface area contributed by atoms with Gasteiger partial charge in [0.25, 0.3) is 0 Å². The maximum absolute atomic E-state index is 5.17. The van der Waals surface area contributed by atoms with Gasteiger partial charge in [0.1, 0.15) is 0 Å². The molecule has 0 atom stereocenters. The van der Waals surface area contributed by atoms with Gasteiger partial charge >= 0.3 is 0 Å². The number of methoxy groups -OCH3 is 1. The van der Waals surface area contributed by atoms with Crippen LogP contribution in [0.3, 0.4) is 0 Å². The van der Waals surface area contributed by atoms with Crippen molar-refractivity contribution in [2.24, 2.45) is 0 Å². The highest BCUT2D eigenvalue weighted by atomic mass is 16.5. The zero-order valence-electron chi connectivity index (χ0n) is 12.7.